The minimum atomic E-state index is -0.382. The minimum absolute atomic E-state index is 0.183. The van der Waals surface area contributed by atoms with Gasteiger partial charge in [0.1, 0.15) is 15.9 Å². The number of anilines is 1. The Morgan fingerprint density at radius 3 is 2.82 bits per heavy atom. The van der Waals surface area contributed by atoms with Crippen LogP contribution in [0.2, 0.25) is 5.15 Å². The molecular formula is C9H8ClN5OS. The maximum absolute atomic E-state index is 11.7. The number of aromatic nitrogens is 4. The second kappa shape index (κ2) is 5.15. The molecule has 88 valence electrons. The topological polar surface area (TPSA) is 80.7 Å². The van der Waals surface area contributed by atoms with Crippen molar-refractivity contribution >= 4 is 34.0 Å². The molecule has 2 heterocycles. The van der Waals surface area contributed by atoms with Crippen molar-refractivity contribution in [2.45, 2.75) is 13.3 Å². The fraction of sp³-hybridized carbons (Fsp3) is 0.222. The summed E-state index contributed by atoms with van der Waals surface area (Å²) in [5.41, 5.74) is 0.183. The van der Waals surface area contributed by atoms with Crippen LogP contribution in [-0.4, -0.2) is 26.1 Å². The SMILES string of the molecule is CCc1nnc(NC(=O)c2cnc(Cl)cn2)s1. The average Bonchev–Trinajstić information content (AvgIpc) is 2.77. The first kappa shape index (κ1) is 11.9. The van der Waals surface area contributed by atoms with Gasteiger partial charge in [-0.25, -0.2) is 9.97 Å². The van der Waals surface area contributed by atoms with Gasteiger partial charge < -0.3 is 0 Å². The van der Waals surface area contributed by atoms with Gasteiger partial charge in [0, 0.05) is 0 Å². The van der Waals surface area contributed by atoms with Crippen molar-refractivity contribution in [3.8, 4) is 0 Å². The van der Waals surface area contributed by atoms with Gasteiger partial charge in [0.25, 0.3) is 5.91 Å². The molecule has 0 aliphatic heterocycles. The molecule has 0 atom stereocenters. The zero-order chi connectivity index (χ0) is 12.3. The third kappa shape index (κ3) is 2.95. The van der Waals surface area contributed by atoms with E-state index in [-0.39, 0.29) is 16.8 Å². The summed E-state index contributed by atoms with van der Waals surface area (Å²) in [7, 11) is 0. The number of nitrogens with zero attached hydrogens (tertiary/aromatic N) is 4. The van der Waals surface area contributed by atoms with Gasteiger partial charge in [0.05, 0.1) is 12.4 Å². The Morgan fingerprint density at radius 1 is 1.41 bits per heavy atom. The first-order valence-electron chi connectivity index (χ1n) is 4.80. The Morgan fingerprint density at radius 2 is 2.24 bits per heavy atom. The molecule has 0 saturated heterocycles. The molecule has 6 nitrogen and oxygen atoms in total. The highest BCUT2D eigenvalue weighted by molar-refractivity contribution is 7.15. The number of rotatable bonds is 3. The predicted molar refractivity (Wildman–Crippen MR) is 64.3 cm³/mol. The van der Waals surface area contributed by atoms with E-state index in [2.05, 4.69) is 25.5 Å². The molecule has 0 bridgehead atoms. The molecule has 0 spiro atoms. The summed E-state index contributed by atoms with van der Waals surface area (Å²) in [6.07, 6.45) is 3.40. The van der Waals surface area contributed by atoms with Gasteiger partial charge in [-0.15, -0.1) is 10.2 Å². The van der Waals surface area contributed by atoms with Crippen LogP contribution in [0.25, 0.3) is 0 Å². The summed E-state index contributed by atoms with van der Waals surface area (Å²) >= 11 is 6.90. The number of nitrogens with one attached hydrogen (secondary N) is 1. The van der Waals surface area contributed by atoms with E-state index in [0.29, 0.717) is 5.13 Å². The van der Waals surface area contributed by atoms with Gasteiger partial charge >= 0.3 is 0 Å². The van der Waals surface area contributed by atoms with Crippen LogP contribution >= 0.6 is 22.9 Å². The molecule has 2 aromatic heterocycles. The first-order valence-corrected chi connectivity index (χ1v) is 5.99. The van der Waals surface area contributed by atoms with Gasteiger partial charge in [0.2, 0.25) is 5.13 Å². The molecule has 0 radical (unpaired) electrons. The van der Waals surface area contributed by atoms with Crippen molar-refractivity contribution < 1.29 is 4.79 Å². The van der Waals surface area contributed by atoms with Gasteiger partial charge in [-0.1, -0.05) is 29.9 Å². The van der Waals surface area contributed by atoms with E-state index in [1.807, 2.05) is 6.92 Å². The van der Waals surface area contributed by atoms with Crippen LogP contribution in [-0.2, 0) is 6.42 Å². The van der Waals surface area contributed by atoms with Crippen LogP contribution in [0.15, 0.2) is 12.4 Å². The molecule has 0 saturated carbocycles. The number of amides is 1. The van der Waals surface area contributed by atoms with Crippen molar-refractivity contribution in [2.75, 3.05) is 5.32 Å². The predicted octanol–water partition coefficient (Wildman–Crippen LogP) is 1.80. The molecule has 1 amide bonds. The monoisotopic (exact) mass is 269 g/mol. The second-order valence-corrected chi connectivity index (χ2v) is 4.48. The molecule has 17 heavy (non-hydrogen) atoms. The highest BCUT2D eigenvalue weighted by Crippen LogP contribution is 2.16. The van der Waals surface area contributed by atoms with Crippen molar-refractivity contribution in [1.82, 2.24) is 20.2 Å². The summed E-state index contributed by atoms with van der Waals surface area (Å²) in [6.45, 7) is 1.97. The molecule has 0 aromatic carbocycles. The highest BCUT2D eigenvalue weighted by Gasteiger charge is 2.11. The molecule has 0 aliphatic carbocycles. The van der Waals surface area contributed by atoms with Gasteiger partial charge in [0.15, 0.2) is 0 Å². The van der Waals surface area contributed by atoms with E-state index in [1.165, 1.54) is 23.7 Å². The van der Waals surface area contributed by atoms with E-state index in [4.69, 9.17) is 11.6 Å². The lowest BCUT2D eigenvalue weighted by Gasteiger charge is -1.99. The minimum Gasteiger partial charge on any atom is -0.295 e. The van der Waals surface area contributed by atoms with Crippen LogP contribution in [0, 0.1) is 0 Å². The molecule has 1 N–H and O–H groups in total. The lowest BCUT2D eigenvalue weighted by molar-refractivity contribution is 0.102. The van der Waals surface area contributed by atoms with Gasteiger partial charge in [-0.05, 0) is 6.42 Å². The number of carbonyl (C=O) groups excluding carboxylic acids is 1. The largest absolute Gasteiger partial charge is 0.295 e. The molecule has 2 rings (SSSR count). The van der Waals surface area contributed by atoms with Crippen molar-refractivity contribution in [1.29, 1.82) is 0 Å². The van der Waals surface area contributed by atoms with Crippen LogP contribution in [0.5, 0.6) is 0 Å². The number of hydrogen-bond acceptors (Lipinski definition) is 6. The summed E-state index contributed by atoms with van der Waals surface area (Å²) in [6, 6.07) is 0. The number of carbonyl (C=O) groups is 1. The zero-order valence-electron chi connectivity index (χ0n) is 8.85. The summed E-state index contributed by atoms with van der Waals surface area (Å²) in [5.74, 6) is -0.382. The van der Waals surface area contributed by atoms with Crippen LogP contribution in [0.4, 0.5) is 5.13 Å². The summed E-state index contributed by atoms with van der Waals surface area (Å²) in [5, 5.41) is 11.9. The standard InChI is InChI=1S/C9H8ClN5OS/c1-2-7-14-15-9(17-7)13-8(16)5-3-12-6(10)4-11-5/h3-4H,2H2,1H3,(H,13,15,16). The number of hydrogen-bond donors (Lipinski definition) is 1. The highest BCUT2D eigenvalue weighted by atomic mass is 35.5. The maximum atomic E-state index is 11.7. The Kier molecular flexibility index (Phi) is 3.60. The van der Waals surface area contributed by atoms with E-state index < -0.39 is 0 Å². The average molecular weight is 270 g/mol. The summed E-state index contributed by atoms with van der Waals surface area (Å²) in [4.78, 5) is 19.3. The van der Waals surface area contributed by atoms with Crippen molar-refractivity contribution in [3.63, 3.8) is 0 Å². The fourth-order valence-electron chi connectivity index (χ4n) is 1.04. The van der Waals surface area contributed by atoms with E-state index in [0.717, 1.165) is 11.4 Å². The number of halogens is 1. The lowest BCUT2D eigenvalue weighted by Crippen LogP contribution is -2.13. The third-order valence-corrected chi connectivity index (χ3v) is 3.02. The maximum Gasteiger partial charge on any atom is 0.277 e. The molecule has 2 aromatic rings. The van der Waals surface area contributed by atoms with E-state index >= 15 is 0 Å². The summed E-state index contributed by atoms with van der Waals surface area (Å²) < 4.78 is 0. The zero-order valence-corrected chi connectivity index (χ0v) is 10.4. The van der Waals surface area contributed by atoms with Gasteiger partial charge in [-0.2, -0.15) is 0 Å². The Hall–Kier alpha value is -1.60. The quantitative estimate of drug-likeness (QED) is 0.919. The Labute approximate surface area is 106 Å². The molecule has 0 unspecified atom stereocenters. The Bertz CT molecular complexity index is 526. The van der Waals surface area contributed by atoms with Crippen molar-refractivity contribution in [2.24, 2.45) is 0 Å². The van der Waals surface area contributed by atoms with Crippen LogP contribution in [0.3, 0.4) is 0 Å². The normalized spacial score (nSPS) is 10.2. The molecule has 0 fully saturated rings. The molecule has 8 heteroatoms. The van der Waals surface area contributed by atoms with Crippen LogP contribution in [0.1, 0.15) is 22.4 Å². The second-order valence-electron chi connectivity index (χ2n) is 3.03. The van der Waals surface area contributed by atoms with E-state index in [9.17, 15) is 4.79 Å². The van der Waals surface area contributed by atoms with Crippen LogP contribution < -0.4 is 5.32 Å². The molecule has 0 aliphatic rings. The smallest absolute Gasteiger partial charge is 0.277 e. The third-order valence-electron chi connectivity index (χ3n) is 1.84. The molecular weight excluding hydrogens is 262 g/mol. The van der Waals surface area contributed by atoms with Crippen molar-refractivity contribution in [3.05, 3.63) is 28.2 Å². The van der Waals surface area contributed by atoms with E-state index in [1.54, 1.807) is 0 Å². The number of aryl methyl sites for hydroxylation is 1. The van der Waals surface area contributed by atoms with Gasteiger partial charge in [-0.3, -0.25) is 10.1 Å². The first-order chi connectivity index (χ1) is 8.19. The fourth-order valence-corrected chi connectivity index (χ4v) is 1.81. The lowest BCUT2D eigenvalue weighted by atomic mass is 10.4. The Balaban J connectivity index is 2.08.